The van der Waals surface area contributed by atoms with Gasteiger partial charge in [-0.25, -0.2) is 9.59 Å². The summed E-state index contributed by atoms with van der Waals surface area (Å²) in [4.78, 5) is 38.5. The van der Waals surface area contributed by atoms with E-state index in [1.165, 1.54) is 0 Å². The maximum absolute atomic E-state index is 12.1. The van der Waals surface area contributed by atoms with Crippen molar-refractivity contribution in [3.05, 3.63) is 22.5 Å². The normalized spacial score (nSPS) is 13.8. The molecule has 0 atom stereocenters. The van der Waals surface area contributed by atoms with E-state index in [-0.39, 0.29) is 30.4 Å². The first kappa shape index (κ1) is 17.1. The smallest absolute Gasteiger partial charge is 0.355 e. The minimum Gasteiger partial charge on any atom is -0.459 e. The number of H-pyrrole nitrogens is 1. The molecule has 1 amide bonds. The number of hydrogen-bond donors (Lipinski definition) is 2. The van der Waals surface area contributed by atoms with E-state index >= 15 is 0 Å². The van der Waals surface area contributed by atoms with Gasteiger partial charge in [-0.3, -0.25) is 4.79 Å². The molecule has 1 heterocycles. The summed E-state index contributed by atoms with van der Waals surface area (Å²) in [5.41, 5.74) is 1.48. The lowest BCUT2D eigenvalue weighted by Crippen LogP contribution is -2.30. The van der Waals surface area contributed by atoms with Crippen LogP contribution in [0.2, 0.25) is 0 Å². The van der Waals surface area contributed by atoms with Crippen LogP contribution in [0.1, 0.15) is 58.8 Å². The summed E-state index contributed by atoms with van der Waals surface area (Å²) in [6.07, 6.45) is 1.68. The number of esters is 2. The van der Waals surface area contributed by atoms with Crippen molar-refractivity contribution in [1.29, 1.82) is 0 Å². The molecule has 126 valence electrons. The molecule has 0 radical (unpaired) electrons. The van der Waals surface area contributed by atoms with Gasteiger partial charge in [0, 0.05) is 11.7 Å². The molecule has 1 aromatic heterocycles. The number of amides is 1. The zero-order valence-corrected chi connectivity index (χ0v) is 13.8. The number of aryl methyl sites for hydroxylation is 1. The fraction of sp³-hybridized carbons (Fsp3) is 0.562. The van der Waals surface area contributed by atoms with Gasteiger partial charge in [-0.15, -0.1) is 0 Å². The summed E-state index contributed by atoms with van der Waals surface area (Å²) in [5, 5.41) is 2.73. The van der Waals surface area contributed by atoms with E-state index in [1.807, 2.05) is 0 Å². The van der Waals surface area contributed by atoms with Gasteiger partial charge in [0.1, 0.15) is 5.69 Å². The number of ether oxygens (including phenoxy) is 2. The number of hydrogen-bond acceptors (Lipinski definition) is 5. The molecule has 0 aromatic carbocycles. The number of carbonyl (C=O) groups excluding carboxylic acids is 3. The third-order valence-electron chi connectivity index (χ3n) is 3.47. The maximum Gasteiger partial charge on any atom is 0.355 e. The van der Waals surface area contributed by atoms with Crippen molar-refractivity contribution in [3.8, 4) is 0 Å². The van der Waals surface area contributed by atoms with Crippen molar-refractivity contribution in [2.45, 2.75) is 52.7 Å². The quantitative estimate of drug-likeness (QED) is 0.776. The molecule has 2 N–H and O–H groups in total. The summed E-state index contributed by atoms with van der Waals surface area (Å²) >= 11 is 0. The van der Waals surface area contributed by atoms with Crippen LogP contribution in [0.4, 0.5) is 0 Å². The standard InChI is InChI=1S/C16H22N2O5/c1-8(2)23-15(20)13-9(3)14(17-10(13)4)16(21)22-7-12(19)18-11-5-6-11/h8,11,17H,5-7H2,1-4H3,(H,18,19). The van der Waals surface area contributed by atoms with Crippen LogP contribution in [0.3, 0.4) is 0 Å². The van der Waals surface area contributed by atoms with Crippen LogP contribution in [-0.4, -0.2) is 41.6 Å². The van der Waals surface area contributed by atoms with Gasteiger partial charge in [-0.1, -0.05) is 0 Å². The molecule has 1 aliphatic rings. The highest BCUT2D eigenvalue weighted by atomic mass is 16.5. The molecule has 1 saturated carbocycles. The highest BCUT2D eigenvalue weighted by Crippen LogP contribution is 2.21. The molecule has 0 saturated heterocycles. The van der Waals surface area contributed by atoms with E-state index in [2.05, 4.69) is 10.3 Å². The Hall–Kier alpha value is -2.31. The largest absolute Gasteiger partial charge is 0.459 e. The highest BCUT2D eigenvalue weighted by Gasteiger charge is 2.26. The fourth-order valence-corrected chi connectivity index (χ4v) is 2.23. The van der Waals surface area contributed by atoms with Crippen LogP contribution in [0.15, 0.2) is 0 Å². The molecule has 7 nitrogen and oxygen atoms in total. The van der Waals surface area contributed by atoms with Crippen LogP contribution in [-0.2, 0) is 14.3 Å². The van der Waals surface area contributed by atoms with Crippen LogP contribution in [0.25, 0.3) is 0 Å². The molecule has 0 aliphatic heterocycles. The first-order chi connectivity index (χ1) is 10.8. The van der Waals surface area contributed by atoms with Gasteiger partial charge in [-0.05, 0) is 46.1 Å². The van der Waals surface area contributed by atoms with E-state index in [4.69, 9.17) is 9.47 Å². The predicted octanol–water partition coefficient (Wildman–Crippen LogP) is 1.63. The molecule has 1 aliphatic carbocycles. The molecule has 0 unspecified atom stereocenters. The van der Waals surface area contributed by atoms with Gasteiger partial charge in [0.2, 0.25) is 0 Å². The molecule has 2 rings (SSSR count). The number of nitrogens with one attached hydrogen (secondary N) is 2. The first-order valence-electron chi connectivity index (χ1n) is 7.66. The van der Waals surface area contributed by atoms with Gasteiger partial charge in [0.25, 0.3) is 5.91 Å². The van der Waals surface area contributed by atoms with Crippen LogP contribution in [0, 0.1) is 13.8 Å². The SMILES string of the molecule is Cc1[nH]c(C(=O)OCC(=O)NC2CC2)c(C)c1C(=O)OC(C)C. The molecule has 0 spiro atoms. The molecular weight excluding hydrogens is 300 g/mol. The summed E-state index contributed by atoms with van der Waals surface area (Å²) in [5.74, 6) is -1.47. The Morgan fingerprint density at radius 3 is 2.43 bits per heavy atom. The third-order valence-corrected chi connectivity index (χ3v) is 3.47. The van der Waals surface area contributed by atoms with Gasteiger partial charge < -0.3 is 19.8 Å². The van der Waals surface area contributed by atoms with E-state index in [0.717, 1.165) is 12.8 Å². The number of aromatic nitrogens is 1. The molecule has 23 heavy (non-hydrogen) atoms. The molecule has 1 aromatic rings. The second-order valence-electron chi connectivity index (χ2n) is 6.00. The summed E-state index contributed by atoms with van der Waals surface area (Å²) in [6, 6.07) is 0.216. The van der Waals surface area contributed by atoms with E-state index in [0.29, 0.717) is 16.8 Å². The van der Waals surface area contributed by atoms with E-state index in [1.54, 1.807) is 27.7 Å². The average molecular weight is 322 g/mol. The Bertz CT molecular complexity index is 629. The average Bonchev–Trinajstić information content (AvgIpc) is 3.19. The fourth-order valence-electron chi connectivity index (χ4n) is 2.23. The summed E-state index contributed by atoms with van der Waals surface area (Å²) < 4.78 is 10.2. The molecule has 7 heteroatoms. The van der Waals surface area contributed by atoms with Crippen molar-refractivity contribution in [2.24, 2.45) is 0 Å². The van der Waals surface area contributed by atoms with E-state index < -0.39 is 11.9 Å². The van der Waals surface area contributed by atoms with Crippen LogP contribution >= 0.6 is 0 Å². The van der Waals surface area contributed by atoms with Crippen molar-refractivity contribution in [3.63, 3.8) is 0 Å². The first-order valence-corrected chi connectivity index (χ1v) is 7.66. The second-order valence-corrected chi connectivity index (χ2v) is 6.00. The Morgan fingerprint density at radius 1 is 1.22 bits per heavy atom. The minimum atomic E-state index is -0.667. The lowest BCUT2D eigenvalue weighted by molar-refractivity contribution is -0.124. The van der Waals surface area contributed by atoms with Gasteiger partial charge in [0.15, 0.2) is 6.61 Å². The topological polar surface area (TPSA) is 97.5 Å². The maximum atomic E-state index is 12.1. The molecule has 0 bridgehead atoms. The summed E-state index contributed by atoms with van der Waals surface area (Å²) in [7, 11) is 0. The Morgan fingerprint density at radius 2 is 1.87 bits per heavy atom. The Kier molecular flexibility index (Phi) is 5.08. The summed E-state index contributed by atoms with van der Waals surface area (Å²) in [6.45, 7) is 6.49. The minimum absolute atomic E-state index is 0.164. The van der Waals surface area contributed by atoms with Crippen molar-refractivity contribution < 1.29 is 23.9 Å². The number of carbonyl (C=O) groups is 3. The van der Waals surface area contributed by atoms with Gasteiger partial charge >= 0.3 is 11.9 Å². The number of aromatic amines is 1. The van der Waals surface area contributed by atoms with Gasteiger partial charge in [-0.2, -0.15) is 0 Å². The molecular formula is C16H22N2O5. The van der Waals surface area contributed by atoms with Gasteiger partial charge in [0.05, 0.1) is 11.7 Å². The van der Waals surface area contributed by atoms with Crippen LogP contribution < -0.4 is 5.32 Å². The van der Waals surface area contributed by atoms with Crippen molar-refractivity contribution >= 4 is 17.8 Å². The van der Waals surface area contributed by atoms with E-state index in [9.17, 15) is 14.4 Å². The third kappa shape index (κ3) is 4.34. The lowest BCUT2D eigenvalue weighted by Gasteiger charge is -2.08. The van der Waals surface area contributed by atoms with Crippen molar-refractivity contribution in [2.75, 3.05) is 6.61 Å². The zero-order valence-electron chi connectivity index (χ0n) is 13.8. The van der Waals surface area contributed by atoms with Crippen molar-refractivity contribution in [1.82, 2.24) is 10.3 Å². The Labute approximate surface area is 134 Å². The monoisotopic (exact) mass is 322 g/mol. The Balaban J connectivity index is 2.02. The lowest BCUT2D eigenvalue weighted by atomic mass is 10.1. The molecule has 1 fully saturated rings. The zero-order chi connectivity index (χ0) is 17.1. The number of rotatable bonds is 6. The second kappa shape index (κ2) is 6.85. The predicted molar refractivity (Wildman–Crippen MR) is 82.3 cm³/mol. The van der Waals surface area contributed by atoms with Crippen LogP contribution in [0.5, 0.6) is 0 Å². The highest BCUT2D eigenvalue weighted by molar-refractivity contribution is 5.99.